The van der Waals surface area contributed by atoms with Crippen LogP contribution in [0.5, 0.6) is 0 Å². The maximum Gasteiger partial charge on any atom is 0.0280 e. The lowest BCUT2D eigenvalue weighted by Crippen LogP contribution is -2.33. The van der Waals surface area contributed by atoms with Gasteiger partial charge in [0, 0.05) is 20.5 Å². The van der Waals surface area contributed by atoms with Gasteiger partial charge in [-0.2, -0.15) is 11.8 Å². The quantitative estimate of drug-likeness (QED) is 0.576. The molecule has 0 nitrogen and oxygen atoms in total. The maximum atomic E-state index is 2.47. The molecule has 0 radical (unpaired) electrons. The lowest BCUT2D eigenvalue weighted by molar-refractivity contribution is 0.425. The zero-order chi connectivity index (χ0) is 12.4. The Morgan fingerprint density at radius 3 is 2.25 bits per heavy atom. The van der Waals surface area contributed by atoms with E-state index < -0.39 is 0 Å². The average Bonchev–Trinajstić information content (AvgIpc) is 2.99. The van der Waals surface area contributed by atoms with Crippen molar-refractivity contribution >= 4 is 23.5 Å². The first-order chi connectivity index (χ1) is 7.33. The Kier molecular flexibility index (Phi) is 5.13. The average molecular weight is 261 g/mol. The predicted octanol–water partition coefficient (Wildman–Crippen LogP) is 5.22. The molecular formula is C14H28S2. The van der Waals surface area contributed by atoms with E-state index in [2.05, 4.69) is 65.1 Å². The number of rotatable bonds is 7. The summed E-state index contributed by atoms with van der Waals surface area (Å²) in [5.74, 6) is 2.24. The van der Waals surface area contributed by atoms with Crippen molar-refractivity contribution < 1.29 is 0 Å². The van der Waals surface area contributed by atoms with E-state index >= 15 is 0 Å². The monoisotopic (exact) mass is 260 g/mol. The highest BCUT2D eigenvalue weighted by atomic mass is 32.2. The summed E-state index contributed by atoms with van der Waals surface area (Å²) in [6.45, 7) is 14.4. The number of thioether (sulfide) groups is 2. The van der Waals surface area contributed by atoms with Crippen LogP contribution in [0.1, 0.15) is 60.8 Å². The van der Waals surface area contributed by atoms with E-state index in [1.807, 2.05) is 0 Å². The summed E-state index contributed by atoms with van der Waals surface area (Å²) >= 11 is 4.37. The molecule has 0 saturated carbocycles. The van der Waals surface area contributed by atoms with Crippen molar-refractivity contribution in [3.8, 4) is 0 Å². The molecule has 1 aliphatic heterocycles. The molecule has 16 heavy (non-hydrogen) atoms. The molecule has 1 aliphatic rings. The van der Waals surface area contributed by atoms with Crippen LogP contribution < -0.4 is 0 Å². The summed E-state index contributed by atoms with van der Waals surface area (Å²) in [7, 11) is 0. The molecule has 0 amide bonds. The summed E-state index contributed by atoms with van der Waals surface area (Å²) in [4.78, 5) is 0. The molecule has 0 aromatic rings. The molecule has 2 heteroatoms. The van der Waals surface area contributed by atoms with Gasteiger partial charge in [0.25, 0.3) is 0 Å². The molecule has 1 fully saturated rings. The molecule has 0 N–H and O–H groups in total. The standard InChI is InChI=1S/C14H28S2/c1-7-11(3)9-14(6,8-2)16-13(4,5)12-10-15-12/h11-12H,7-10H2,1-6H3. The van der Waals surface area contributed by atoms with Crippen LogP contribution in [0.25, 0.3) is 0 Å². The highest BCUT2D eigenvalue weighted by Gasteiger charge is 2.43. The summed E-state index contributed by atoms with van der Waals surface area (Å²) in [5, 5.41) is 0.903. The zero-order valence-corrected chi connectivity index (χ0v) is 13.4. The van der Waals surface area contributed by atoms with Crippen LogP contribution in [0.3, 0.4) is 0 Å². The minimum absolute atomic E-state index is 0.461. The fourth-order valence-corrected chi connectivity index (χ4v) is 5.66. The lowest BCUT2D eigenvalue weighted by atomic mass is 9.93. The van der Waals surface area contributed by atoms with Crippen LogP contribution in [0, 0.1) is 5.92 Å². The first kappa shape index (κ1) is 14.8. The van der Waals surface area contributed by atoms with Crippen LogP contribution in [0.4, 0.5) is 0 Å². The maximum absolute atomic E-state index is 2.47. The van der Waals surface area contributed by atoms with Crippen molar-refractivity contribution in [3.63, 3.8) is 0 Å². The van der Waals surface area contributed by atoms with Crippen molar-refractivity contribution in [2.24, 2.45) is 5.92 Å². The molecule has 3 unspecified atom stereocenters. The summed E-state index contributed by atoms with van der Waals surface area (Å²) < 4.78 is 0.935. The van der Waals surface area contributed by atoms with Gasteiger partial charge in [0.05, 0.1) is 0 Å². The predicted molar refractivity (Wildman–Crippen MR) is 80.7 cm³/mol. The molecule has 0 aromatic heterocycles. The molecule has 0 spiro atoms. The van der Waals surface area contributed by atoms with Gasteiger partial charge in [-0.05, 0) is 32.6 Å². The van der Waals surface area contributed by atoms with Gasteiger partial charge >= 0.3 is 0 Å². The van der Waals surface area contributed by atoms with Crippen molar-refractivity contribution in [1.82, 2.24) is 0 Å². The largest absolute Gasteiger partial charge is 0.155 e. The van der Waals surface area contributed by atoms with Crippen molar-refractivity contribution in [1.29, 1.82) is 0 Å². The Balaban J connectivity index is 2.57. The van der Waals surface area contributed by atoms with E-state index in [1.54, 1.807) is 0 Å². The second kappa shape index (κ2) is 5.56. The Hall–Kier alpha value is 0.700. The normalized spacial score (nSPS) is 26.2. The second-order valence-electron chi connectivity index (χ2n) is 6.05. The van der Waals surface area contributed by atoms with Crippen LogP contribution in [-0.2, 0) is 0 Å². The zero-order valence-electron chi connectivity index (χ0n) is 11.8. The van der Waals surface area contributed by atoms with E-state index in [1.165, 1.54) is 25.0 Å². The summed E-state index contributed by atoms with van der Waals surface area (Å²) in [5.41, 5.74) is 0. The minimum atomic E-state index is 0.461. The Bertz CT molecular complexity index is 221. The van der Waals surface area contributed by atoms with Crippen molar-refractivity contribution in [2.75, 3.05) is 5.75 Å². The molecule has 1 saturated heterocycles. The van der Waals surface area contributed by atoms with Gasteiger partial charge in [-0.25, -0.2) is 0 Å². The van der Waals surface area contributed by atoms with Crippen LogP contribution >= 0.6 is 23.5 Å². The van der Waals surface area contributed by atoms with Gasteiger partial charge < -0.3 is 0 Å². The van der Waals surface area contributed by atoms with Gasteiger partial charge in [-0.1, -0.05) is 34.1 Å². The Labute approximate surface area is 111 Å². The molecule has 1 heterocycles. The van der Waals surface area contributed by atoms with E-state index in [-0.39, 0.29) is 0 Å². The number of hydrogen-bond donors (Lipinski definition) is 0. The van der Waals surface area contributed by atoms with Gasteiger partial charge in [0.1, 0.15) is 0 Å². The van der Waals surface area contributed by atoms with Gasteiger partial charge in [-0.3, -0.25) is 0 Å². The second-order valence-corrected chi connectivity index (χ2v) is 9.53. The lowest BCUT2D eigenvalue weighted by Gasteiger charge is -2.38. The third-order valence-corrected chi connectivity index (χ3v) is 7.01. The smallest absolute Gasteiger partial charge is 0.0280 e. The van der Waals surface area contributed by atoms with Gasteiger partial charge in [0.2, 0.25) is 0 Å². The first-order valence-electron chi connectivity index (χ1n) is 6.64. The van der Waals surface area contributed by atoms with Gasteiger partial charge in [-0.15, -0.1) is 11.8 Å². The molecule has 0 bridgehead atoms. The molecule has 96 valence electrons. The minimum Gasteiger partial charge on any atom is -0.155 e. The first-order valence-corrected chi connectivity index (χ1v) is 8.51. The fraction of sp³-hybridized carbons (Fsp3) is 1.00. The molecule has 3 atom stereocenters. The third-order valence-electron chi connectivity index (χ3n) is 3.84. The van der Waals surface area contributed by atoms with Crippen LogP contribution in [0.15, 0.2) is 0 Å². The molecular weight excluding hydrogens is 232 g/mol. The number of hydrogen-bond acceptors (Lipinski definition) is 2. The van der Waals surface area contributed by atoms with E-state index in [9.17, 15) is 0 Å². The molecule has 0 aromatic carbocycles. The molecule has 0 aliphatic carbocycles. The van der Waals surface area contributed by atoms with E-state index in [0.29, 0.717) is 9.49 Å². The molecule has 1 rings (SSSR count). The summed E-state index contributed by atoms with van der Waals surface area (Å²) in [6.07, 6.45) is 3.98. The van der Waals surface area contributed by atoms with Crippen molar-refractivity contribution in [3.05, 3.63) is 0 Å². The van der Waals surface area contributed by atoms with E-state index in [0.717, 1.165) is 11.2 Å². The Morgan fingerprint density at radius 1 is 1.31 bits per heavy atom. The van der Waals surface area contributed by atoms with E-state index in [4.69, 9.17) is 0 Å². The SMILES string of the molecule is CCC(C)CC(C)(CC)SC(C)(C)C1CS1. The van der Waals surface area contributed by atoms with Crippen LogP contribution in [0.2, 0.25) is 0 Å². The summed E-state index contributed by atoms with van der Waals surface area (Å²) in [6, 6.07) is 0. The third kappa shape index (κ3) is 4.18. The highest BCUT2D eigenvalue weighted by Crippen LogP contribution is 2.52. The highest BCUT2D eigenvalue weighted by molar-refractivity contribution is 8.09. The van der Waals surface area contributed by atoms with Crippen molar-refractivity contribution in [2.45, 2.75) is 75.5 Å². The topological polar surface area (TPSA) is 0 Å². The Morgan fingerprint density at radius 2 is 1.88 bits per heavy atom. The van der Waals surface area contributed by atoms with Gasteiger partial charge in [0.15, 0.2) is 0 Å². The fourth-order valence-electron chi connectivity index (χ4n) is 2.29. The van der Waals surface area contributed by atoms with Crippen LogP contribution in [-0.4, -0.2) is 20.5 Å².